The van der Waals surface area contributed by atoms with Gasteiger partial charge in [-0.15, -0.1) is 0 Å². The number of carbonyl (C=O) groups is 1. The molecule has 3 fully saturated rings. The maximum Gasteiger partial charge on any atom is 0.237 e. The Bertz CT molecular complexity index is 664. The van der Waals surface area contributed by atoms with E-state index in [0.29, 0.717) is 25.2 Å². The molecule has 30 heavy (non-hydrogen) atoms. The second kappa shape index (κ2) is 10.7. The largest absolute Gasteiger partial charge is 0.377 e. The molecule has 3 aliphatic rings. The maximum atomic E-state index is 13.3. The molecule has 1 amide bonds. The zero-order valence-electron chi connectivity index (χ0n) is 18.1. The van der Waals surface area contributed by atoms with Gasteiger partial charge in [0.1, 0.15) is 5.82 Å². The van der Waals surface area contributed by atoms with Gasteiger partial charge < -0.3 is 9.64 Å². The molecule has 1 aromatic carbocycles. The first-order chi connectivity index (χ1) is 14.7. The van der Waals surface area contributed by atoms with Crippen molar-refractivity contribution in [3.63, 3.8) is 0 Å². The molecule has 1 atom stereocenters. The maximum absolute atomic E-state index is 13.3. The summed E-state index contributed by atoms with van der Waals surface area (Å²) in [6.45, 7) is 6.91. The number of ether oxygens (including phenoxy) is 1. The molecule has 4 rings (SSSR count). The SMILES string of the molecule is O=C(CN1CCN(CC2CCCO2)CC1)N(Cc1ccc(F)cc1)C1CCCCC1. The number of amides is 1. The molecule has 0 radical (unpaired) electrons. The summed E-state index contributed by atoms with van der Waals surface area (Å²) in [5, 5.41) is 0. The molecule has 1 aliphatic carbocycles. The lowest BCUT2D eigenvalue weighted by Gasteiger charge is -2.38. The lowest BCUT2D eigenvalue weighted by atomic mass is 9.93. The molecule has 0 N–H and O–H groups in total. The highest BCUT2D eigenvalue weighted by atomic mass is 19.1. The smallest absolute Gasteiger partial charge is 0.237 e. The molecule has 1 saturated carbocycles. The van der Waals surface area contributed by atoms with E-state index in [9.17, 15) is 9.18 Å². The van der Waals surface area contributed by atoms with Crippen LogP contribution in [0.2, 0.25) is 0 Å². The molecule has 0 bridgehead atoms. The number of rotatable bonds is 7. The fourth-order valence-electron chi connectivity index (χ4n) is 5.09. The van der Waals surface area contributed by atoms with Gasteiger partial charge in [-0.3, -0.25) is 14.6 Å². The van der Waals surface area contributed by atoms with Crippen molar-refractivity contribution in [1.29, 1.82) is 0 Å². The second-order valence-electron chi connectivity index (χ2n) is 9.15. The summed E-state index contributed by atoms with van der Waals surface area (Å²) in [7, 11) is 0. The third-order valence-electron chi connectivity index (χ3n) is 6.91. The molecule has 2 heterocycles. The zero-order chi connectivity index (χ0) is 20.8. The van der Waals surface area contributed by atoms with Gasteiger partial charge in [0.05, 0.1) is 12.6 Å². The minimum Gasteiger partial charge on any atom is -0.377 e. The van der Waals surface area contributed by atoms with Gasteiger partial charge in [0.25, 0.3) is 0 Å². The van der Waals surface area contributed by atoms with E-state index in [0.717, 1.165) is 57.7 Å². The van der Waals surface area contributed by atoms with E-state index in [-0.39, 0.29) is 11.7 Å². The van der Waals surface area contributed by atoms with E-state index in [4.69, 9.17) is 4.74 Å². The molecular weight excluding hydrogens is 381 g/mol. The van der Waals surface area contributed by atoms with Crippen LogP contribution in [0.1, 0.15) is 50.5 Å². The normalized spacial score (nSPS) is 24.2. The van der Waals surface area contributed by atoms with Gasteiger partial charge in [-0.05, 0) is 43.4 Å². The standard InChI is InChI=1S/C24H36FN3O2/c25-21-10-8-20(9-11-21)17-28(22-5-2-1-3-6-22)24(29)19-27-14-12-26(13-15-27)18-23-7-4-16-30-23/h8-11,22-23H,1-7,12-19H2. The fourth-order valence-corrected chi connectivity index (χ4v) is 5.09. The monoisotopic (exact) mass is 417 g/mol. The van der Waals surface area contributed by atoms with Crippen molar-refractivity contribution in [3.05, 3.63) is 35.6 Å². The number of piperazine rings is 1. The summed E-state index contributed by atoms with van der Waals surface area (Å²) in [5.74, 6) is -0.00558. The number of halogens is 1. The molecule has 0 aromatic heterocycles. The molecule has 2 aliphatic heterocycles. The van der Waals surface area contributed by atoms with Crippen molar-refractivity contribution in [1.82, 2.24) is 14.7 Å². The Hall–Kier alpha value is -1.50. The first kappa shape index (κ1) is 21.7. The zero-order valence-corrected chi connectivity index (χ0v) is 18.1. The summed E-state index contributed by atoms with van der Waals surface area (Å²) >= 11 is 0. The van der Waals surface area contributed by atoms with E-state index in [1.807, 2.05) is 12.1 Å². The van der Waals surface area contributed by atoms with Gasteiger partial charge in [0, 0.05) is 51.9 Å². The van der Waals surface area contributed by atoms with Gasteiger partial charge in [-0.1, -0.05) is 31.4 Å². The Morgan fingerprint density at radius 3 is 2.33 bits per heavy atom. The highest BCUT2D eigenvalue weighted by molar-refractivity contribution is 5.78. The van der Waals surface area contributed by atoms with Gasteiger partial charge in [-0.2, -0.15) is 0 Å². The molecule has 1 unspecified atom stereocenters. The van der Waals surface area contributed by atoms with Crippen molar-refractivity contribution in [2.45, 2.75) is 63.6 Å². The fraction of sp³-hybridized carbons (Fsp3) is 0.708. The van der Waals surface area contributed by atoms with Crippen LogP contribution in [0.5, 0.6) is 0 Å². The number of benzene rings is 1. The summed E-state index contributed by atoms with van der Waals surface area (Å²) < 4.78 is 19.1. The number of hydrogen-bond donors (Lipinski definition) is 0. The van der Waals surface area contributed by atoms with Crippen LogP contribution >= 0.6 is 0 Å². The number of nitrogens with zero attached hydrogens (tertiary/aromatic N) is 3. The molecule has 1 aromatic rings. The molecule has 6 heteroatoms. The molecule has 166 valence electrons. The minimum absolute atomic E-state index is 0.221. The first-order valence-corrected chi connectivity index (χ1v) is 11.8. The van der Waals surface area contributed by atoms with Gasteiger partial charge >= 0.3 is 0 Å². The van der Waals surface area contributed by atoms with Crippen molar-refractivity contribution >= 4 is 5.91 Å². The Morgan fingerprint density at radius 1 is 0.967 bits per heavy atom. The van der Waals surface area contributed by atoms with Gasteiger partial charge in [0.15, 0.2) is 0 Å². The van der Waals surface area contributed by atoms with Crippen molar-refractivity contribution < 1.29 is 13.9 Å². The quantitative estimate of drug-likeness (QED) is 0.682. The van der Waals surface area contributed by atoms with Crippen LogP contribution in [0.15, 0.2) is 24.3 Å². The van der Waals surface area contributed by atoms with Crippen LogP contribution in [0.3, 0.4) is 0 Å². The minimum atomic E-state index is -0.227. The average molecular weight is 418 g/mol. The van der Waals surface area contributed by atoms with E-state index >= 15 is 0 Å². The van der Waals surface area contributed by atoms with Crippen LogP contribution in [0, 0.1) is 5.82 Å². The highest BCUT2D eigenvalue weighted by Crippen LogP contribution is 2.25. The topological polar surface area (TPSA) is 36.0 Å². The molecule has 0 spiro atoms. The Morgan fingerprint density at radius 2 is 1.67 bits per heavy atom. The second-order valence-corrected chi connectivity index (χ2v) is 9.15. The third-order valence-corrected chi connectivity index (χ3v) is 6.91. The van der Waals surface area contributed by atoms with E-state index in [2.05, 4.69) is 14.7 Å². The third kappa shape index (κ3) is 6.02. The predicted molar refractivity (Wildman–Crippen MR) is 116 cm³/mol. The van der Waals surface area contributed by atoms with Crippen LogP contribution in [-0.2, 0) is 16.1 Å². The number of hydrogen-bond acceptors (Lipinski definition) is 4. The van der Waals surface area contributed by atoms with Gasteiger partial charge in [-0.25, -0.2) is 4.39 Å². The highest BCUT2D eigenvalue weighted by Gasteiger charge is 2.28. The Labute approximate surface area is 180 Å². The molecular formula is C24H36FN3O2. The lowest BCUT2D eigenvalue weighted by molar-refractivity contribution is -0.136. The first-order valence-electron chi connectivity index (χ1n) is 11.8. The summed E-state index contributed by atoms with van der Waals surface area (Å²) in [6.07, 6.45) is 8.59. The lowest BCUT2D eigenvalue weighted by Crippen LogP contribution is -2.52. The van der Waals surface area contributed by atoms with Crippen molar-refractivity contribution in [3.8, 4) is 0 Å². The van der Waals surface area contributed by atoms with Gasteiger partial charge in [0.2, 0.25) is 5.91 Å². The summed E-state index contributed by atoms with van der Waals surface area (Å²) in [4.78, 5) is 20.2. The molecule has 2 saturated heterocycles. The van der Waals surface area contributed by atoms with E-state index in [1.54, 1.807) is 0 Å². The Kier molecular flexibility index (Phi) is 7.74. The summed E-state index contributed by atoms with van der Waals surface area (Å²) in [5.41, 5.74) is 1.01. The van der Waals surface area contributed by atoms with Crippen molar-refractivity contribution in [2.75, 3.05) is 45.9 Å². The average Bonchev–Trinajstić information content (AvgIpc) is 3.28. The van der Waals surface area contributed by atoms with Crippen LogP contribution in [-0.4, -0.2) is 78.6 Å². The molecule has 5 nitrogen and oxygen atoms in total. The van der Waals surface area contributed by atoms with E-state index < -0.39 is 0 Å². The van der Waals surface area contributed by atoms with Crippen molar-refractivity contribution in [2.24, 2.45) is 0 Å². The van der Waals surface area contributed by atoms with Crippen LogP contribution in [0.25, 0.3) is 0 Å². The van der Waals surface area contributed by atoms with E-state index in [1.165, 1.54) is 44.2 Å². The Balaban J connectivity index is 1.31. The van der Waals surface area contributed by atoms with Crippen LogP contribution in [0.4, 0.5) is 4.39 Å². The predicted octanol–water partition coefficient (Wildman–Crippen LogP) is 3.28. The summed E-state index contributed by atoms with van der Waals surface area (Å²) in [6, 6.07) is 6.92. The van der Waals surface area contributed by atoms with Crippen LogP contribution < -0.4 is 0 Å². The number of carbonyl (C=O) groups excluding carboxylic acids is 1.